The molecule has 2 saturated heterocycles. The van der Waals surface area contributed by atoms with Crippen LogP contribution in [0.1, 0.15) is 40.5 Å². The maximum atomic E-state index is 12.4. The molecule has 3 aliphatic rings. The van der Waals surface area contributed by atoms with Crippen molar-refractivity contribution in [2.45, 2.75) is 70.2 Å². The molecule has 2 fully saturated rings. The molecular formula is C20H26O7. The number of rotatable bonds is 2. The van der Waals surface area contributed by atoms with Gasteiger partial charge in [-0.2, -0.15) is 0 Å². The number of carbonyl (C=O) groups is 2. The Labute approximate surface area is 158 Å². The fraction of sp³-hybridized carbons (Fsp3) is 0.600. The standard InChI is InChI=1S/C20H26O7/c1-6-10(2)17(22)26-14-8-19(5)15(21)9-20(24,27-19)11(3)7-13-16(14)12(4)18(23)25-13/h6-7,13-16,21,24H,4,8-9H2,1-3,5H3/b10-6-,11-7-/t13-,14-,15+,16+,19-,20+/m1/s1. The van der Waals surface area contributed by atoms with Gasteiger partial charge in [-0.25, -0.2) is 9.59 Å². The maximum Gasteiger partial charge on any atom is 0.334 e. The second-order valence-corrected chi connectivity index (χ2v) is 7.81. The van der Waals surface area contributed by atoms with Crippen LogP contribution in [-0.2, 0) is 23.8 Å². The molecule has 0 saturated carbocycles. The van der Waals surface area contributed by atoms with Gasteiger partial charge >= 0.3 is 11.9 Å². The second-order valence-electron chi connectivity index (χ2n) is 7.81. The molecule has 0 radical (unpaired) electrons. The van der Waals surface area contributed by atoms with Gasteiger partial charge in [-0.15, -0.1) is 0 Å². The molecule has 0 amide bonds. The minimum atomic E-state index is -1.67. The van der Waals surface area contributed by atoms with Gasteiger partial charge in [0.05, 0.1) is 17.6 Å². The highest BCUT2D eigenvalue weighted by Crippen LogP contribution is 2.48. The van der Waals surface area contributed by atoms with E-state index < -0.39 is 47.6 Å². The SMILES string of the molecule is C=C1C(=O)O[C@@H]2/C=C(/C)[C@]3(O)C[C@H](O)[C@@](C)(C[C@@H](OC(=O)/C(C)=C\C)[C@@H]12)O3. The molecule has 3 heterocycles. The second kappa shape index (κ2) is 6.58. The van der Waals surface area contributed by atoms with Gasteiger partial charge in [0.2, 0.25) is 0 Å². The summed E-state index contributed by atoms with van der Waals surface area (Å²) >= 11 is 0. The van der Waals surface area contributed by atoms with Crippen LogP contribution in [0.15, 0.2) is 35.5 Å². The molecule has 7 nitrogen and oxygen atoms in total. The molecule has 3 aliphatic heterocycles. The van der Waals surface area contributed by atoms with Gasteiger partial charge in [0, 0.05) is 24.0 Å². The predicted octanol–water partition coefficient (Wildman–Crippen LogP) is 1.54. The number of carbonyl (C=O) groups excluding carboxylic acids is 2. The zero-order chi connectivity index (χ0) is 20.1. The zero-order valence-corrected chi connectivity index (χ0v) is 16.0. The predicted molar refractivity (Wildman–Crippen MR) is 95.3 cm³/mol. The normalized spacial score (nSPS) is 43.8. The maximum absolute atomic E-state index is 12.4. The van der Waals surface area contributed by atoms with Gasteiger partial charge in [0.1, 0.15) is 12.2 Å². The van der Waals surface area contributed by atoms with Gasteiger partial charge in [-0.05, 0) is 39.3 Å². The lowest BCUT2D eigenvalue weighted by atomic mass is 9.80. The highest BCUT2D eigenvalue weighted by atomic mass is 16.7. The van der Waals surface area contributed by atoms with Gasteiger partial charge in [0.25, 0.3) is 0 Å². The summed E-state index contributed by atoms with van der Waals surface area (Å²) in [5.41, 5.74) is -0.120. The van der Waals surface area contributed by atoms with Crippen molar-refractivity contribution in [3.63, 3.8) is 0 Å². The largest absolute Gasteiger partial charge is 0.458 e. The minimum Gasteiger partial charge on any atom is -0.458 e. The van der Waals surface area contributed by atoms with E-state index in [4.69, 9.17) is 14.2 Å². The van der Waals surface area contributed by atoms with Gasteiger partial charge in [-0.3, -0.25) is 0 Å². The van der Waals surface area contributed by atoms with Crippen LogP contribution in [0.5, 0.6) is 0 Å². The number of ether oxygens (including phenoxy) is 3. The van der Waals surface area contributed by atoms with E-state index in [1.807, 2.05) is 0 Å². The van der Waals surface area contributed by atoms with Gasteiger partial charge < -0.3 is 24.4 Å². The number of hydrogen-bond donors (Lipinski definition) is 2. The molecule has 0 aromatic rings. The minimum absolute atomic E-state index is 0.0212. The zero-order valence-electron chi connectivity index (χ0n) is 16.0. The summed E-state index contributed by atoms with van der Waals surface area (Å²) in [6.45, 7) is 10.5. The molecule has 0 aromatic heterocycles. The van der Waals surface area contributed by atoms with Crippen molar-refractivity contribution >= 4 is 11.9 Å². The van der Waals surface area contributed by atoms with Crippen LogP contribution in [0.4, 0.5) is 0 Å². The third-order valence-corrected chi connectivity index (χ3v) is 5.89. The van der Waals surface area contributed by atoms with Crippen molar-refractivity contribution in [3.05, 3.63) is 35.5 Å². The Morgan fingerprint density at radius 1 is 1.44 bits per heavy atom. The molecule has 3 rings (SSSR count). The van der Waals surface area contributed by atoms with Crippen LogP contribution < -0.4 is 0 Å². The molecule has 0 unspecified atom stereocenters. The van der Waals surface area contributed by atoms with E-state index in [2.05, 4.69) is 6.58 Å². The van der Waals surface area contributed by atoms with Crippen LogP contribution in [0.3, 0.4) is 0 Å². The molecule has 0 aromatic carbocycles. The van der Waals surface area contributed by atoms with Crippen molar-refractivity contribution in [1.29, 1.82) is 0 Å². The first-order valence-electron chi connectivity index (χ1n) is 9.04. The topological polar surface area (TPSA) is 102 Å². The Bertz CT molecular complexity index is 751. The fourth-order valence-corrected chi connectivity index (χ4v) is 3.94. The van der Waals surface area contributed by atoms with E-state index in [0.717, 1.165) is 0 Å². The molecule has 2 bridgehead atoms. The molecule has 148 valence electrons. The average Bonchev–Trinajstić information content (AvgIpc) is 2.99. The highest BCUT2D eigenvalue weighted by molar-refractivity contribution is 5.92. The van der Waals surface area contributed by atoms with Crippen molar-refractivity contribution < 1.29 is 34.0 Å². The van der Waals surface area contributed by atoms with Crippen LogP contribution in [0.25, 0.3) is 0 Å². The van der Waals surface area contributed by atoms with E-state index in [0.29, 0.717) is 11.1 Å². The van der Waals surface area contributed by atoms with E-state index in [1.165, 1.54) is 0 Å². The lowest BCUT2D eigenvalue weighted by molar-refractivity contribution is -0.208. The smallest absolute Gasteiger partial charge is 0.334 e. The highest BCUT2D eigenvalue weighted by Gasteiger charge is 2.58. The summed E-state index contributed by atoms with van der Waals surface area (Å²) in [7, 11) is 0. The summed E-state index contributed by atoms with van der Waals surface area (Å²) in [5, 5.41) is 21.4. The summed E-state index contributed by atoms with van der Waals surface area (Å²) in [4.78, 5) is 24.5. The number of aliphatic hydroxyl groups is 2. The van der Waals surface area contributed by atoms with E-state index >= 15 is 0 Å². The Hall–Kier alpha value is -1.96. The van der Waals surface area contributed by atoms with Crippen LogP contribution in [0.2, 0.25) is 0 Å². The number of fused-ring (bicyclic) bond motifs is 3. The lowest BCUT2D eigenvalue weighted by Crippen LogP contribution is -2.44. The van der Waals surface area contributed by atoms with Crippen molar-refractivity contribution in [1.82, 2.24) is 0 Å². The quantitative estimate of drug-likeness (QED) is 0.427. The summed E-state index contributed by atoms with van der Waals surface area (Å²) < 4.78 is 17.0. The third kappa shape index (κ3) is 3.24. The first-order chi connectivity index (χ1) is 12.5. The van der Waals surface area contributed by atoms with Crippen LogP contribution >= 0.6 is 0 Å². The molecular weight excluding hydrogens is 352 g/mol. The Balaban J connectivity index is 2.07. The lowest BCUT2D eigenvalue weighted by Gasteiger charge is -2.34. The molecule has 2 N–H and O–H groups in total. The van der Waals surface area contributed by atoms with E-state index in [9.17, 15) is 19.8 Å². The van der Waals surface area contributed by atoms with Gasteiger partial charge in [-0.1, -0.05) is 12.7 Å². The molecule has 0 aliphatic carbocycles. The van der Waals surface area contributed by atoms with E-state index in [-0.39, 0.29) is 18.4 Å². The molecule has 0 spiro atoms. The number of allylic oxidation sites excluding steroid dienone is 1. The first kappa shape index (κ1) is 19.8. The van der Waals surface area contributed by atoms with Gasteiger partial charge in [0.15, 0.2) is 5.79 Å². The van der Waals surface area contributed by atoms with Crippen molar-refractivity contribution in [2.75, 3.05) is 0 Å². The monoisotopic (exact) mass is 378 g/mol. The third-order valence-electron chi connectivity index (χ3n) is 5.89. The Morgan fingerprint density at radius 3 is 2.74 bits per heavy atom. The Kier molecular flexibility index (Phi) is 4.82. The first-order valence-corrected chi connectivity index (χ1v) is 9.04. The number of aliphatic hydroxyl groups excluding tert-OH is 1. The average molecular weight is 378 g/mol. The van der Waals surface area contributed by atoms with Crippen molar-refractivity contribution in [2.24, 2.45) is 5.92 Å². The molecule has 27 heavy (non-hydrogen) atoms. The van der Waals surface area contributed by atoms with Crippen molar-refractivity contribution in [3.8, 4) is 0 Å². The fourth-order valence-electron chi connectivity index (χ4n) is 3.94. The van der Waals surface area contributed by atoms with E-state index in [1.54, 1.807) is 39.8 Å². The van der Waals surface area contributed by atoms with Crippen LogP contribution in [0, 0.1) is 5.92 Å². The number of hydrogen-bond acceptors (Lipinski definition) is 7. The molecule has 6 atom stereocenters. The molecule has 7 heteroatoms. The van der Waals surface area contributed by atoms with Crippen LogP contribution in [-0.4, -0.2) is 51.9 Å². The summed E-state index contributed by atoms with van der Waals surface area (Å²) in [5.74, 6) is -3.39. The summed E-state index contributed by atoms with van der Waals surface area (Å²) in [6, 6.07) is 0. The number of esters is 2. The Morgan fingerprint density at radius 2 is 2.11 bits per heavy atom. The summed E-state index contributed by atoms with van der Waals surface area (Å²) in [6.07, 6.45) is 0.753.